The summed E-state index contributed by atoms with van der Waals surface area (Å²) in [6, 6.07) is 40.6. The lowest BCUT2D eigenvalue weighted by molar-refractivity contribution is 0.256. The van der Waals surface area contributed by atoms with Crippen LogP contribution in [0.5, 0.6) is 34.5 Å². The fraction of sp³-hybridized carbons (Fsp3) is 0.687. The minimum absolute atomic E-state index is 0.0783. The van der Waals surface area contributed by atoms with Crippen molar-refractivity contribution in [3.05, 3.63) is 176 Å². The molecule has 0 heterocycles. The van der Waals surface area contributed by atoms with Gasteiger partial charge in [-0.05, 0) is 212 Å². The largest absolute Gasteiger partial charge is 0.463 e. The number of hydrogen-bond acceptors (Lipinski definition) is 9. The van der Waals surface area contributed by atoms with Crippen molar-refractivity contribution >= 4 is 25.8 Å². The highest BCUT2D eigenvalue weighted by Gasteiger charge is 2.35. The fourth-order valence-corrected chi connectivity index (χ4v) is 20.8. The molecule has 0 saturated heterocycles. The van der Waals surface area contributed by atoms with Crippen LogP contribution in [0.1, 0.15) is 504 Å². The first-order valence-electron chi connectivity index (χ1n) is 52.5. The zero-order chi connectivity index (χ0) is 91.8. The van der Waals surface area contributed by atoms with Crippen molar-refractivity contribution in [3.8, 4) is 34.5 Å². The van der Waals surface area contributed by atoms with E-state index < -0.39 is 25.8 Å². The van der Waals surface area contributed by atoms with Crippen molar-refractivity contribution in [2.24, 2.45) is 0 Å². The van der Waals surface area contributed by atoms with Gasteiger partial charge < -0.3 is 27.1 Å². The second kappa shape index (κ2) is 65.0. The highest BCUT2D eigenvalue weighted by Crippen LogP contribution is 2.53. The van der Waals surface area contributed by atoms with Gasteiger partial charge in [0.15, 0.2) is 0 Å². The normalized spacial score (nSPS) is 13.3. The van der Waals surface area contributed by atoms with Crippen molar-refractivity contribution < 1.29 is 40.7 Å². The molecule has 127 heavy (non-hydrogen) atoms. The number of benzene rings is 6. The molecule has 0 spiro atoms. The van der Waals surface area contributed by atoms with Crippen molar-refractivity contribution in [1.82, 2.24) is 0 Å². The average Bonchev–Trinajstić information content (AvgIpc) is 0.757. The van der Waals surface area contributed by atoms with Gasteiger partial charge in [0.2, 0.25) is 0 Å². The number of unbranched alkanes of at least 4 members (excludes halogenated alkanes) is 42. The maximum Gasteiger partial charge on any atom is 0.463 e. The molecule has 0 N–H and O–H groups in total. The Labute approximate surface area is 785 Å². The first kappa shape index (κ1) is 111. The molecular weight excluding hydrogens is 1620 g/mol. The molecule has 6 rings (SSSR count). The molecule has 716 valence electrons. The Morgan fingerprint density at radius 3 is 0.717 bits per heavy atom. The van der Waals surface area contributed by atoms with Crippen LogP contribution in [-0.2, 0) is 49.1 Å². The third-order valence-corrected chi connectivity index (χ3v) is 29.0. The van der Waals surface area contributed by atoms with Gasteiger partial charge in [0, 0.05) is 22.6 Å². The van der Waals surface area contributed by atoms with Crippen LogP contribution in [0.3, 0.4) is 0 Å². The molecule has 4 atom stereocenters. The van der Waals surface area contributed by atoms with Crippen LogP contribution in [0, 0.1) is 20.8 Å². The summed E-state index contributed by atoms with van der Waals surface area (Å²) in [6.07, 6.45) is 64.4. The fourth-order valence-electron chi connectivity index (χ4n) is 17.8. The Kier molecular flexibility index (Phi) is 56.8. The van der Waals surface area contributed by atoms with Crippen LogP contribution in [0.15, 0.2) is 109 Å². The monoisotopic (exact) mass is 1810 g/mol. The molecular formula is C115H187O9P3. The lowest BCUT2D eigenvalue weighted by atomic mass is 9.74. The molecule has 0 radical (unpaired) electrons. The molecule has 4 unspecified atom stereocenters. The predicted molar refractivity (Wildman–Crippen MR) is 553 cm³/mol. The summed E-state index contributed by atoms with van der Waals surface area (Å²) in [6.45, 7) is 45.9. The number of aryl methyl sites for hydroxylation is 6. The predicted octanol–water partition coefficient (Wildman–Crippen LogP) is 39.4. The Bertz CT molecular complexity index is 3670. The Hall–Kier alpha value is -4.71. The summed E-state index contributed by atoms with van der Waals surface area (Å²) in [5.41, 5.74) is 13.7. The van der Waals surface area contributed by atoms with Gasteiger partial charge >= 0.3 is 25.8 Å². The lowest BCUT2D eigenvalue weighted by Gasteiger charge is -2.33. The van der Waals surface area contributed by atoms with E-state index in [0.29, 0.717) is 19.8 Å². The Morgan fingerprint density at radius 2 is 0.472 bits per heavy atom. The third kappa shape index (κ3) is 45.7. The van der Waals surface area contributed by atoms with Gasteiger partial charge in [0.1, 0.15) is 34.5 Å². The summed E-state index contributed by atoms with van der Waals surface area (Å²) < 4.78 is 63.8. The summed E-state index contributed by atoms with van der Waals surface area (Å²) in [5, 5.41) is 0. The molecule has 0 saturated carbocycles. The summed E-state index contributed by atoms with van der Waals surface area (Å²) in [4.78, 5) is 0. The number of hydrogen-bond donors (Lipinski definition) is 0. The zero-order valence-electron chi connectivity index (χ0n) is 85.0. The van der Waals surface area contributed by atoms with Gasteiger partial charge in [-0.1, -0.05) is 435 Å². The SMILES string of the molecule is CCCCCCCCCCCOP(Oc1cccc(CCCCCCCCC)c1)Oc1cc(C)c(C(C)CC(c2cc(C(C)(C)C)c(OP(OCCCCCCCCCCC)Oc3cccc(CCCCCCCCC)c3)cc2C)c2cc(C(C)(C)C)c(OP(OCCCCCCCCCCC)Oc3cccc(CCCCCCCCC)c3)cc2C)cc1C(C)(C)C. The van der Waals surface area contributed by atoms with Crippen LogP contribution in [-0.4, -0.2) is 19.8 Å². The smallest absolute Gasteiger partial charge is 0.418 e. The van der Waals surface area contributed by atoms with Gasteiger partial charge in [0.05, 0.1) is 19.8 Å². The molecule has 0 aliphatic heterocycles. The molecule has 0 aromatic heterocycles. The second-order valence-electron chi connectivity index (χ2n) is 40.8. The lowest BCUT2D eigenvalue weighted by Crippen LogP contribution is -2.19. The van der Waals surface area contributed by atoms with Gasteiger partial charge in [-0.15, -0.1) is 0 Å². The summed E-state index contributed by atoms with van der Waals surface area (Å²) >= 11 is 0. The van der Waals surface area contributed by atoms with E-state index >= 15 is 0 Å². The molecule has 12 heteroatoms. The molecule has 0 amide bonds. The van der Waals surface area contributed by atoms with E-state index in [1.54, 1.807) is 0 Å². The van der Waals surface area contributed by atoms with Crippen LogP contribution in [0.4, 0.5) is 0 Å². The second-order valence-corrected chi connectivity index (χ2v) is 44.0. The van der Waals surface area contributed by atoms with Crippen LogP contribution >= 0.6 is 25.8 Å². The minimum Gasteiger partial charge on any atom is -0.418 e. The van der Waals surface area contributed by atoms with Gasteiger partial charge in [-0.3, -0.25) is 13.6 Å². The summed E-state index contributed by atoms with van der Waals surface area (Å²) in [5.74, 6) is 4.86. The van der Waals surface area contributed by atoms with Crippen LogP contribution < -0.4 is 27.1 Å². The van der Waals surface area contributed by atoms with Crippen molar-refractivity contribution in [3.63, 3.8) is 0 Å². The van der Waals surface area contributed by atoms with E-state index in [9.17, 15) is 0 Å². The molecule has 0 fully saturated rings. The third-order valence-electron chi connectivity index (χ3n) is 25.7. The molecule has 9 nitrogen and oxygen atoms in total. The maximum atomic E-state index is 7.39. The van der Waals surface area contributed by atoms with E-state index in [-0.39, 0.29) is 28.1 Å². The van der Waals surface area contributed by atoms with E-state index in [1.807, 2.05) is 0 Å². The molecule has 0 aliphatic rings. The molecule has 0 bridgehead atoms. The Morgan fingerprint density at radius 1 is 0.252 bits per heavy atom. The van der Waals surface area contributed by atoms with Crippen LogP contribution in [0.2, 0.25) is 0 Å². The average molecular weight is 1810 g/mol. The van der Waals surface area contributed by atoms with Gasteiger partial charge in [-0.25, -0.2) is 0 Å². The first-order valence-corrected chi connectivity index (χ1v) is 55.8. The van der Waals surface area contributed by atoms with Crippen LogP contribution in [0.25, 0.3) is 0 Å². The number of rotatable bonds is 74. The van der Waals surface area contributed by atoms with Crippen molar-refractivity contribution in [2.45, 2.75) is 494 Å². The highest BCUT2D eigenvalue weighted by atomic mass is 31.2. The molecule has 6 aromatic rings. The quantitative estimate of drug-likeness (QED) is 0.0274. The van der Waals surface area contributed by atoms with E-state index in [2.05, 4.69) is 241 Å². The van der Waals surface area contributed by atoms with Gasteiger partial charge in [-0.2, -0.15) is 0 Å². The van der Waals surface area contributed by atoms with E-state index in [1.165, 1.54) is 309 Å². The van der Waals surface area contributed by atoms with E-state index in [0.717, 1.165) is 127 Å². The van der Waals surface area contributed by atoms with E-state index in [4.69, 9.17) is 40.7 Å². The summed E-state index contributed by atoms with van der Waals surface area (Å²) in [7, 11) is -5.53. The minimum atomic E-state index is -1.85. The topological polar surface area (TPSA) is 83.1 Å². The standard InChI is InChI=1S/C115H187O9P3/c1-20-26-32-38-44-47-53-59-65-80-116-125(119-100-77-68-74-97(87-100)71-62-56-50-41-35-29-23-4)122-110-84-94(8)103(90-107(110)113(11,12)13)93(7)83-106(104-91-108(114(14,15)16)111(85-95(104)9)123-126(117-81-66-60-54-48-45-39-33-27-21-2)120-101-78-69-75-98(88-101)72-63-57-51-42-36-30-24-5)105-92-109(115(17,18)19)112(86-96(105)10)124-127(118-82-67-61-55-49-46-40-34-28-22-3)121-102-79-70-76-99(89-102)73-64-58-52-43-37-31-25-6/h68-70,74-79,84-93,106H,20-67,71-73,80-83H2,1-19H3. The van der Waals surface area contributed by atoms with Crippen molar-refractivity contribution in [1.29, 1.82) is 0 Å². The maximum absolute atomic E-state index is 7.39. The first-order chi connectivity index (χ1) is 61.4. The zero-order valence-corrected chi connectivity index (χ0v) is 87.6. The highest BCUT2D eigenvalue weighted by molar-refractivity contribution is 7.43. The van der Waals surface area contributed by atoms with Gasteiger partial charge in [0.25, 0.3) is 0 Å². The Balaban J connectivity index is 1.47. The molecule has 0 aliphatic carbocycles. The van der Waals surface area contributed by atoms with Crippen molar-refractivity contribution in [2.75, 3.05) is 19.8 Å². The molecule has 6 aromatic carbocycles.